The van der Waals surface area contributed by atoms with Gasteiger partial charge in [-0.15, -0.1) is 0 Å². The molecule has 0 spiro atoms. The van der Waals surface area contributed by atoms with Crippen LogP contribution in [-0.4, -0.2) is 17.9 Å². The van der Waals surface area contributed by atoms with Crippen molar-refractivity contribution >= 4 is 6.29 Å². The van der Waals surface area contributed by atoms with E-state index in [0.29, 0.717) is 18.1 Å². The molecule has 0 unspecified atom stereocenters. The Morgan fingerprint density at radius 3 is 2.76 bits per heavy atom. The van der Waals surface area contributed by atoms with E-state index >= 15 is 0 Å². The lowest BCUT2D eigenvalue weighted by atomic mass is 10.1. The highest BCUT2D eigenvalue weighted by Gasteiger charge is 2.02. The number of nitrogens with zero attached hydrogens (tertiary/aromatic N) is 1. The summed E-state index contributed by atoms with van der Waals surface area (Å²) >= 11 is 0. The number of carbonyl (C=O) groups excluding carboxylic acids is 1. The first-order valence-electron chi connectivity index (χ1n) is 6.41. The predicted octanol–water partition coefficient (Wildman–Crippen LogP) is 3.63. The first kappa shape index (κ1) is 13.7. The summed E-state index contributed by atoms with van der Waals surface area (Å²) in [4.78, 5) is 14.8. The third-order valence-corrected chi connectivity index (χ3v) is 2.66. The number of unbranched alkanes of at least 4 members (excludes halogenated alkanes) is 5. The lowest BCUT2D eigenvalue weighted by Crippen LogP contribution is -2.01. The lowest BCUT2D eigenvalue weighted by molar-refractivity contribution is 0.111. The van der Waals surface area contributed by atoms with Crippen LogP contribution in [0.4, 0.5) is 0 Å². The van der Waals surface area contributed by atoms with Crippen molar-refractivity contribution in [3.05, 3.63) is 23.9 Å². The summed E-state index contributed by atoms with van der Waals surface area (Å²) in [6.45, 7) is 2.86. The molecule has 0 N–H and O–H groups in total. The number of ether oxygens (including phenoxy) is 1. The molecule has 3 nitrogen and oxygen atoms in total. The van der Waals surface area contributed by atoms with Gasteiger partial charge in [0.2, 0.25) is 5.88 Å². The van der Waals surface area contributed by atoms with E-state index in [1.54, 1.807) is 18.3 Å². The molecule has 0 atom stereocenters. The van der Waals surface area contributed by atoms with Crippen molar-refractivity contribution in [3.8, 4) is 5.88 Å². The van der Waals surface area contributed by atoms with Crippen LogP contribution in [0.25, 0.3) is 0 Å². The zero-order valence-corrected chi connectivity index (χ0v) is 10.5. The van der Waals surface area contributed by atoms with E-state index in [1.807, 2.05) is 0 Å². The monoisotopic (exact) mass is 235 g/mol. The van der Waals surface area contributed by atoms with E-state index in [-0.39, 0.29) is 0 Å². The molecule has 0 saturated heterocycles. The number of hydrogen-bond acceptors (Lipinski definition) is 3. The molecule has 0 aliphatic carbocycles. The Hall–Kier alpha value is -1.38. The Labute approximate surface area is 103 Å². The minimum absolute atomic E-state index is 0.455. The average molecular weight is 235 g/mol. The predicted molar refractivity (Wildman–Crippen MR) is 68.5 cm³/mol. The zero-order valence-electron chi connectivity index (χ0n) is 10.5. The van der Waals surface area contributed by atoms with Crippen molar-refractivity contribution in [1.29, 1.82) is 0 Å². The Balaban J connectivity index is 2.15. The van der Waals surface area contributed by atoms with Crippen LogP contribution in [0, 0.1) is 0 Å². The first-order chi connectivity index (χ1) is 8.38. The second-order valence-electron chi connectivity index (χ2n) is 4.13. The molecule has 0 radical (unpaired) electrons. The first-order valence-corrected chi connectivity index (χ1v) is 6.41. The number of carbonyl (C=O) groups is 1. The molecule has 1 heterocycles. The Bertz CT molecular complexity index is 326. The minimum Gasteiger partial charge on any atom is -0.477 e. The van der Waals surface area contributed by atoms with Gasteiger partial charge < -0.3 is 4.74 Å². The smallest absolute Gasteiger partial charge is 0.224 e. The highest BCUT2D eigenvalue weighted by atomic mass is 16.5. The van der Waals surface area contributed by atoms with Crippen LogP contribution in [0.3, 0.4) is 0 Å². The number of aldehydes is 1. The topological polar surface area (TPSA) is 39.2 Å². The lowest BCUT2D eigenvalue weighted by Gasteiger charge is -2.06. The van der Waals surface area contributed by atoms with Gasteiger partial charge in [0.05, 0.1) is 12.2 Å². The zero-order chi connectivity index (χ0) is 12.3. The van der Waals surface area contributed by atoms with E-state index < -0.39 is 0 Å². The molecule has 1 aromatic rings. The molecule has 17 heavy (non-hydrogen) atoms. The van der Waals surface area contributed by atoms with Crippen LogP contribution in [0.1, 0.15) is 55.8 Å². The third-order valence-electron chi connectivity index (χ3n) is 2.66. The van der Waals surface area contributed by atoms with Crippen LogP contribution in [0.15, 0.2) is 18.3 Å². The minimum atomic E-state index is 0.455. The second kappa shape index (κ2) is 8.74. The third kappa shape index (κ3) is 5.48. The van der Waals surface area contributed by atoms with E-state index in [0.717, 1.165) is 12.7 Å². The second-order valence-corrected chi connectivity index (χ2v) is 4.13. The molecular weight excluding hydrogens is 214 g/mol. The Morgan fingerprint density at radius 1 is 1.24 bits per heavy atom. The molecular formula is C14H21NO2. The molecule has 0 aliphatic rings. The van der Waals surface area contributed by atoms with Gasteiger partial charge in [-0.3, -0.25) is 4.79 Å². The fourth-order valence-electron chi connectivity index (χ4n) is 1.66. The normalized spacial score (nSPS) is 10.2. The Kier molecular flexibility index (Phi) is 7.03. The van der Waals surface area contributed by atoms with Crippen LogP contribution >= 0.6 is 0 Å². The summed E-state index contributed by atoms with van der Waals surface area (Å²) in [7, 11) is 0. The molecule has 0 amide bonds. The van der Waals surface area contributed by atoms with Crippen LogP contribution < -0.4 is 4.74 Å². The molecule has 0 aromatic carbocycles. The van der Waals surface area contributed by atoms with E-state index in [1.165, 1.54) is 32.1 Å². The van der Waals surface area contributed by atoms with Gasteiger partial charge in [0.25, 0.3) is 0 Å². The SMILES string of the molecule is CCCCCCCCOc1ncccc1C=O. The summed E-state index contributed by atoms with van der Waals surface area (Å²) in [6.07, 6.45) is 9.79. The van der Waals surface area contributed by atoms with Crippen molar-refractivity contribution in [1.82, 2.24) is 4.98 Å². The van der Waals surface area contributed by atoms with Crippen LogP contribution in [0.2, 0.25) is 0 Å². The summed E-state index contributed by atoms with van der Waals surface area (Å²) in [6, 6.07) is 3.46. The molecule has 94 valence electrons. The molecule has 1 rings (SSSR count). The van der Waals surface area contributed by atoms with Crippen molar-refractivity contribution in [2.45, 2.75) is 45.4 Å². The maximum atomic E-state index is 10.7. The largest absolute Gasteiger partial charge is 0.477 e. The number of rotatable bonds is 9. The van der Waals surface area contributed by atoms with Gasteiger partial charge in [0.1, 0.15) is 0 Å². The maximum absolute atomic E-state index is 10.7. The Morgan fingerprint density at radius 2 is 2.00 bits per heavy atom. The number of pyridine rings is 1. The van der Waals surface area contributed by atoms with Crippen LogP contribution in [0.5, 0.6) is 5.88 Å². The van der Waals surface area contributed by atoms with Crippen LogP contribution in [-0.2, 0) is 0 Å². The molecule has 0 fully saturated rings. The van der Waals surface area contributed by atoms with E-state index in [9.17, 15) is 4.79 Å². The van der Waals surface area contributed by atoms with Gasteiger partial charge in [-0.05, 0) is 18.6 Å². The highest BCUT2D eigenvalue weighted by molar-refractivity contribution is 5.77. The van der Waals surface area contributed by atoms with Crippen molar-refractivity contribution in [2.24, 2.45) is 0 Å². The van der Waals surface area contributed by atoms with Crippen molar-refractivity contribution in [2.75, 3.05) is 6.61 Å². The number of hydrogen-bond donors (Lipinski definition) is 0. The van der Waals surface area contributed by atoms with Gasteiger partial charge in [0, 0.05) is 6.20 Å². The summed E-state index contributed by atoms with van der Waals surface area (Å²) < 4.78 is 5.49. The average Bonchev–Trinajstić information content (AvgIpc) is 2.38. The van der Waals surface area contributed by atoms with Gasteiger partial charge in [-0.1, -0.05) is 39.0 Å². The molecule has 0 saturated carbocycles. The molecule has 3 heteroatoms. The summed E-state index contributed by atoms with van der Waals surface area (Å²) in [5.74, 6) is 0.455. The quantitative estimate of drug-likeness (QED) is 0.484. The maximum Gasteiger partial charge on any atom is 0.224 e. The molecule has 1 aromatic heterocycles. The fraction of sp³-hybridized carbons (Fsp3) is 0.571. The fourth-order valence-corrected chi connectivity index (χ4v) is 1.66. The van der Waals surface area contributed by atoms with E-state index in [2.05, 4.69) is 11.9 Å². The van der Waals surface area contributed by atoms with Gasteiger partial charge in [-0.25, -0.2) is 4.98 Å². The molecule has 0 bridgehead atoms. The van der Waals surface area contributed by atoms with Crippen molar-refractivity contribution in [3.63, 3.8) is 0 Å². The standard InChI is InChI=1S/C14H21NO2/c1-2-3-4-5-6-7-11-17-14-13(12-16)9-8-10-15-14/h8-10,12H,2-7,11H2,1H3. The molecule has 0 aliphatic heterocycles. The van der Waals surface area contributed by atoms with Gasteiger partial charge in [0.15, 0.2) is 6.29 Å². The van der Waals surface area contributed by atoms with Gasteiger partial charge in [-0.2, -0.15) is 0 Å². The summed E-state index contributed by atoms with van der Waals surface area (Å²) in [5, 5.41) is 0. The van der Waals surface area contributed by atoms with Crippen molar-refractivity contribution < 1.29 is 9.53 Å². The number of aromatic nitrogens is 1. The van der Waals surface area contributed by atoms with Gasteiger partial charge >= 0.3 is 0 Å². The van der Waals surface area contributed by atoms with E-state index in [4.69, 9.17) is 4.74 Å². The summed E-state index contributed by atoms with van der Waals surface area (Å²) in [5.41, 5.74) is 0.526. The highest BCUT2D eigenvalue weighted by Crippen LogP contribution is 2.12.